The van der Waals surface area contributed by atoms with Crippen molar-refractivity contribution in [3.63, 3.8) is 0 Å². The molecule has 0 saturated heterocycles. The molecule has 1 aromatic carbocycles. The molecule has 1 N–H and O–H groups in total. The predicted molar refractivity (Wildman–Crippen MR) is 53.0 cm³/mol. The quantitative estimate of drug-likeness (QED) is 0.797. The van der Waals surface area contributed by atoms with Crippen LogP contribution in [0, 0.1) is 16.7 Å². The first-order valence-corrected chi connectivity index (χ1v) is 4.36. The Hall–Kier alpha value is -1.69. The fraction of sp³-hybridized carbons (Fsp3) is 0.364. The van der Waals surface area contributed by atoms with Crippen LogP contribution in [0.1, 0.15) is 13.8 Å². The molecular formula is C11H13NO2. The van der Waals surface area contributed by atoms with Gasteiger partial charge in [0.25, 0.3) is 0 Å². The normalized spacial score (nSPS) is 10.6. The smallest absolute Gasteiger partial charge is 0.119 e. The molecule has 0 fully saturated rings. The van der Waals surface area contributed by atoms with Gasteiger partial charge in [0.1, 0.15) is 18.1 Å². The molecule has 0 spiro atoms. The van der Waals surface area contributed by atoms with Gasteiger partial charge in [-0.25, -0.2) is 0 Å². The average molecular weight is 191 g/mol. The molecule has 0 unspecified atom stereocenters. The van der Waals surface area contributed by atoms with Crippen LogP contribution < -0.4 is 4.74 Å². The monoisotopic (exact) mass is 191 g/mol. The summed E-state index contributed by atoms with van der Waals surface area (Å²) < 4.78 is 5.38. The van der Waals surface area contributed by atoms with Crippen molar-refractivity contribution in [3.05, 3.63) is 24.3 Å². The first-order valence-electron chi connectivity index (χ1n) is 4.36. The van der Waals surface area contributed by atoms with Crippen LogP contribution in [0.4, 0.5) is 0 Å². The van der Waals surface area contributed by atoms with Crippen molar-refractivity contribution >= 4 is 0 Å². The van der Waals surface area contributed by atoms with Gasteiger partial charge in [0.05, 0.1) is 11.5 Å². The maximum Gasteiger partial charge on any atom is 0.119 e. The summed E-state index contributed by atoms with van der Waals surface area (Å²) >= 11 is 0. The lowest BCUT2D eigenvalue weighted by atomic mass is 9.98. The van der Waals surface area contributed by atoms with Crippen molar-refractivity contribution in [2.75, 3.05) is 6.61 Å². The molecule has 74 valence electrons. The number of phenols is 1. The number of phenolic OH excluding ortho intramolecular Hbond substituents is 1. The third-order valence-corrected chi connectivity index (χ3v) is 1.74. The van der Waals surface area contributed by atoms with E-state index in [1.165, 1.54) is 0 Å². The highest BCUT2D eigenvalue weighted by atomic mass is 16.5. The number of nitrogens with zero attached hydrogens (tertiary/aromatic N) is 1. The Morgan fingerprint density at radius 1 is 1.36 bits per heavy atom. The molecule has 0 atom stereocenters. The highest BCUT2D eigenvalue weighted by Crippen LogP contribution is 2.19. The van der Waals surface area contributed by atoms with E-state index in [-0.39, 0.29) is 5.75 Å². The predicted octanol–water partition coefficient (Wildman–Crippen LogP) is 2.32. The van der Waals surface area contributed by atoms with Gasteiger partial charge in [-0.15, -0.1) is 0 Å². The van der Waals surface area contributed by atoms with Gasteiger partial charge in [-0.1, -0.05) is 0 Å². The number of nitriles is 1. The molecule has 0 aromatic heterocycles. The minimum atomic E-state index is -0.488. The maximum atomic E-state index is 9.02. The molecule has 0 aliphatic carbocycles. The number of benzene rings is 1. The Kier molecular flexibility index (Phi) is 2.98. The van der Waals surface area contributed by atoms with E-state index in [4.69, 9.17) is 15.1 Å². The number of hydrogen-bond acceptors (Lipinski definition) is 3. The molecule has 1 aromatic rings. The fourth-order valence-corrected chi connectivity index (χ4v) is 0.838. The van der Waals surface area contributed by atoms with Gasteiger partial charge < -0.3 is 9.84 Å². The van der Waals surface area contributed by atoms with Crippen LogP contribution in [0.3, 0.4) is 0 Å². The Morgan fingerprint density at radius 2 is 1.93 bits per heavy atom. The van der Waals surface area contributed by atoms with E-state index in [1.54, 1.807) is 24.3 Å². The zero-order valence-electron chi connectivity index (χ0n) is 8.32. The highest BCUT2D eigenvalue weighted by molar-refractivity contribution is 5.30. The van der Waals surface area contributed by atoms with Gasteiger partial charge >= 0.3 is 0 Å². The first kappa shape index (κ1) is 10.4. The van der Waals surface area contributed by atoms with Crippen molar-refractivity contribution in [2.24, 2.45) is 5.41 Å². The van der Waals surface area contributed by atoms with E-state index in [9.17, 15) is 0 Å². The van der Waals surface area contributed by atoms with E-state index in [0.29, 0.717) is 12.4 Å². The Balaban J connectivity index is 2.55. The van der Waals surface area contributed by atoms with Crippen molar-refractivity contribution in [1.82, 2.24) is 0 Å². The summed E-state index contributed by atoms with van der Waals surface area (Å²) in [4.78, 5) is 0. The summed E-state index contributed by atoms with van der Waals surface area (Å²) in [5.74, 6) is 0.864. The van der Waals surface area contributed by atoms with Gasteiger partial charge in [0.2, 0.25) is 0 Å². The number of aromatic hydroxyl groups is 1. The molecule has 0 aliphatic heterocycles. The lowest BCUT2D eigenvalue weighted by Gasteiger charge is -2.15. The molecule has 0 saturated carbocycles. The van der Waals surface area contributed by atoms with Crippen LogP contribution in [-0.4, -0.2) is 11.7 Å². The molecule has 14 heavy (non-hydrogen) atoms. The third-order valence-electron chi connectivity index (χ3n) is 1.74. The lowest BCUT2D eigenvalue weighted by molar-refractivity contribution is 0.227. The molecule has 3 nitrogen and oxygen atoms in total. The summed E-state index contributed by atoms with van der Waals surface area (Å²) in [5, 5.41) is 17.8. The molecule has 1 rings (SSSR count). The molecule has 0 amide bonds. The standard InChI is InChI=1S/C11H13NO2/c1-11(2,7-12)8-14-10-5-3-9(13)4-6-10/h3-6,13H,8H2,1-2H3. The molecular weight excluding hydrogens is 178 g/mol. The van der Waals surface area contributed by atoms with Gasteiger partial charge in [-0.2, -0.15) is 5.26 Å². The first-order chi connectivity index (χ1) is 6.53. The van der Waals surface area contributed by atoms with Crippen molar-refractivity contribution in [2.45, 2.75) is 13.8 Å². The second-order valence-corrected chi connectivity index (χ2v) is 3.78. The zero-order valence-corrected chi connectivity index (χ0v) is 8.32. The van der Waals surface area contributed by atoms with Crippen LogP contribution in [0.2, 0.25) is 0 Å². The Bertz CT molecular complexity index is 335. The lowest BCUT2D eigenvalue weighted by Crippen LogP contribution is -2.18. The van der Waals surface area contributed by atoms with Gasteiger partial charge in [-0.05, 0) is 38.1 Å². The largest absolute Gasteiger partial charge is 0.508 e. The molecule has 0 heterocycles. The second-order valence-electron chi connectivity index (χ2n) is 3.78. The summed E-state index contributed by atoms with van der Waals surface area (Å²) in [6.07, 6.45) is 0. The van der Waals surface area contributed by atoms with Crippen LogP contribution in [0.15, 0.2) is 24.3 Å². The van der Waals surface area contributed by atoms with Gasteiger partial charge in [0.15, 0.2) is 0 Å². The van der Waals surface area contributed by atoms with Crippen LogP contribution >= 0.6 is 0 Å². The number of hydrogen-bond donors (Lipinski definition) is 1. The van der Waals surface area contributed by atoms with E-state index < -0.39 is 5.41 Å². The van der Waals surface area contributed by atoms with E-state index in [1.807, 2.05) is 13.8 Å². The van der Waals surface area contributed by atoms with Crippen LogP contribution in [0.5, 0.6) is 11.5 Å². The number of rotatable bonds is 3. The SMILES string of the molecule is CC(C)(C#N)COc1ccc(O)cc1. The maximum absolute atomic E-state index is 9.02. The Morgan fingerprint density at radius 3 is 2.43 bits per heavy atom. The second kappa shape index (κ2) is 4.01. The summed E-state index contributed by atoms with van der Waals surface area (Å²) in [6, 6.07) is 8.59. The average Bonchev–Trinajstić information content (AvgIpc) is 2.17. The zero-order chi connectivity index (χ0) is 10.6. The van der Waals surface area contributed by atoms with Crippen LogP contribution in [-0.2, 0) is 0 Å². The van der Waals surface area contributed by atoms with Crippen molar-refractivity contribution in [1.29, 1.82) is 5.26 Å². The van der Waals surface area contributed by atoms with E-state index in [0.717, 1.165) is 0 Å². The summed E-state index contributed by atoms with van der Waals surface area (Å²) in [7, 11) is 0. The van der Waals surface area contributed by atoms with Gasteiger partial charge in [0, 0.05) is 0 Å². The molecule has 0 radical (unpaired) electrons. The van der Waals surface area contributed by atoms with Crippen molar-refractivity contribution in [3.8, 4) is 17.6 Å². The summed E-state index contributed by atoms with van der Waals surface area (Å²) in [5.41, 5.74) is -0.488. The third kappa shape index (κ3) is 2.98. The minimum absolute atomic E-state index is 0.205. The minimum Gasteiger partial charge on any atom is -0.508 e. The van der Waals surface area contributed by atoms with E-state index in [2.05, 4.69) is 6.07 Å². The number of ether oxygens (including phenoxy) is 1. The fourth-order valence-electron chi connectivity index (χ4n) is 0.838. The molecule has 3 heteroatoms. The molecule has 0 aliphatic rings. The van der Waals surface area contributed by atoms with E-state index >= 15 is 0 Å². The molecule has 0 bridgehead atoms. The highest BCUT2D eigenvalue weighted by Gasteiger charge is 2.17. The Labute approximate surface area is 83.6 Å². The van der Waals surface area contributed by atoms with Gasteiger partial charge in [-0.3, -0.25) is 0 Å². The van der Waals surface area contributed by atoms with Crippen LogP contribution in [0.25, 0.3) is 0 Å². The topological polar surface area (TPSA) is 53.2 Å². The summed E-state index contributed by atoms with van der Waals surface area (Å²) in [6.45, 7) is 3.97. The van der Waals surface area contributed by atoms with Crippen molar-refractivity contribution < 1.29 is 9.84 Å².